The highest BCUT2D eigenvalue weighted by atomic mass is 35.5. The molecule has 1 aliphatic rings. The van der Waals surface area contributed by atoms with Crippen molar-refractivity contribution in [1.29, 1.82) is 0 Å². The minimum absolute atomic E-state index is 0.613. The van der Waals surface area contributed by atoms with Gasteiger partial charge in [0.05, 0.1) is 10.0 Å². The normalized spacial score (nSPS) is 15.2. The van der Waals surface area contributed by atoms with Crippen LogP contribution in [-0.2, 0) is 19.5 Å². The number of aromatic nitrogens is 1. The van der Waals surface area contributed by atoms with Gasteiger partial charge in [-0.2, -0.15) is 0 Å². The fourth-order valence-electron chi connectivity index (χ4n) is 3.28. The van der Waals surface area contributed by atoms with Gasteiger partial charge >= 0.3 is 0 Å². The van der Waals surface area contributed by atoms with Crippen LogP contribution in [0.3, 0.4) is 0 Å². The fourth-order valence-corrected chi connectivity index (χ4v) is 3.60. The molecule has 0 saturated heterocycles. The van der Waals surface area contributed by atoms with E-state index in [-0.39, 0.29) is 0 Å². The van der Waals surface area contributed by atoms with Crippen molar-refractivity contribution < 1.29 is 0 Å². The Labute approximate surface area is 139 Å². The molecule has 2 nitrogen and oxygen atoms in total. The molecule has 0 fully saturated rings. The summed E-state index contributed by atoms with van der Waals surface area (Å²) in [6.07, 6.45) is 1.08. The number of fused-ring (bicyclic) bond motifs is 3. The Morgan fingerprint density at radius 3 is 2.77 bits per heavy atom. The number of aromatic amines is 1. The van der Waals surface area contributed by atoms with E-state index >= 15 is 0 Å². The van der Waals surface area contributed by atoms with Gasteiger partial charge < -0.3 is 4.98 Å². The molecule has 1 aromatic heterocycles. The Bertz CT molecular complexity index is 838. The summed E-state index contributed by atoms with van der Waals surface area (Å²) in [5, 5.41) is 2.61. The summed E-state index contributed by atoms with van der Waals surface area (Å²) in [4.78, 5) is 6.01. The number of hydrogen-bond acceptors (Lipinski definition) is 1. The van der Waals surface area contributed by atoms with E-state index in [2.05, 4.69) is 40.2 Å². The van der Waals surface area contributed by atoms with Crippen molar-refractivity contribution in [3.05, 3.63) is 69.3 Å². The molecular formula is C18H16Cl2N2. The zero-order valence-electron chi connectivity index (χ0n) is 12.1. The predicted octanol–water partition coefficient (Wildman–Crippen LogP) is 5.03. The van der Waals surface area contributed by atoms with Crippen molar-refractivity contribution in [2.75, 3.05) is 6.54 Å². The summed E-state index contributed by atoms with van der Waals surface area (Å²) in [5.41, 5.74) is 5.26. The van der Waals surface area contributed by atoms with Gasteiger partial charge in [-0.05, 0) is 35.7 Å². The van der Waals surface area contributed by atoms with E-state index in [1.807, 2.05) is 12.1 Å². The Kier molecular flexibility index (Phi) is 3.61. The number of halogens is 2. The molecule has 22 heavy (non-hydrogen) atoms. The van der Waals surface area contributed by atoms with Gasteiger partial charge in [0.2, 0.25) is 0 Å². The van der Waals surface area contributed by atoms with Crippen molar-refractivity contribution in [2.45, 2.75) is 19.5 Å². The van der Waals surface area contributed by atoms with Crippen LogP contribution in [0, 0.1) is 0 Å². The van der Waals surface area contributed by atoms with E-state index in [1.54, 1.807) is 0 Å². The summed E-state index contributed by atoms with van der Waals surface area (Å²) in [6.45, 7) is 2.91. The van der Waals surface area contributed by atoms with Crippen LogP contribution in [0.5, 0.6) is 0 Å². The molecule has 0 unspecified atom stereocenters. The second kappa shape index (κ2) is 5.62. The van der Waals surface area contributed by atoms with Gasteiger partial charge in [-0.15, -0.1) is 0 Å². The number of benzene rings is 2. The molecule has 0 bridgehead atoms. The van der Waals surface area contributed by atoms with E-state index in [4.69, 9.17) is 23.2 Å². The summed E-state index contributed by atoms with van der Waals surface area (Å²) in [7, 11) is 0. The maximum Gasteiger partial charge on any atom is 0.0595 e. The van der Waals surface area contributed by atoms with Crippen LogP contribution in [0.25, 0.3) is 10.9 Å². The van der Waals surface area contributed by atoms with Crippen molar-refractivity contribution in [3.63, 3.8) is 0 Å². The largest absolute Gasteiger partial charge is 0.357 e. The summed E-state index contributed by atoms with van der Waals surface area (Å²) >= 11 is 12.1. The second-order valence-electron chi connectivity index (χ2n) is 5.84. The number of H-pyrrole nitrogens is 1. The maximum atomic E-state index is 6.11. The quantitative estimate of drug-likeness (QED) is 0.697. The Balaban J connectivity index is 1.57. The fraction of sp³-hybridized carbons (Fsp3) is 0.222. The molecule has 3 aromatic rings. The highest BCUT2D eigenvalue weighted by molar-refractivity contribution is 6.42. The molecular weight excluding hydrogens is 315 g/mol. The van der Waals surface area contributed by atoms with Crippen molar-refractivity contribution in [3.8, 4) is 0 Å². The van der Waals surface area contributed by atoms with Crippen LogP contribution in [0.15, 0.2) is 42.5 Å². The molecule has 0 spiro atoms. The number of para-hydroxylation sites is 1. The van der Waals surface area contributed by atoms with Crippen molar-refractivity contribution in [1.82, 2.24) is 9.88 Å². The van der Waals surface area contributed by atoms with Crippen LogP contribution in [0.1, 0.15) is 16.8 Å². The lowest BCUT2D eigenvalue weighted by Gasteiger charge is -2.27. The van der Waals surface area contributed by atoms with E-state index < -0.39 is 0 Å². The van der Waals surface area contributed by atoms with Crippen LogP contribution >= 0.6 is 23.2 Å². The topological polar surface area (TPSA) is 19.0 Å². The average molecular weight is 331 g/mol. The van der Waals surface area contributed by atoms with Crippen molar-refractivity contribution >= 4 is 34.1 Å². The zero-order chi connectivity index (χ0) is 15.1. The molecule has 0 radical (unpaired) electrons. The number of nitrogens with one attached hydrogen (secondary N) is 1. The first-order valence-corrected chi connectivity index (χ1v) is 8.21. The van der Waals surface area contributed by atoms with Gasteiger partial charge in [0.25, 0.3) is 0 Å². The van der Waals surface area contributed by atoms with E-state index in [0.29, 0.717) is 10.0 Å². The van der Waals surface area contributed by atoms with Gasteiger partial charge in [-0.1, -0.05) is 47.5 Å². The molecule has 0 saturated carbocycles. The lowest BCUT2D eigenvalue weighted by Crippen LogP contribution is -2.29. The molecule has 2 aromatic carbocycles. The first-order valence-electron chi connectivity index (χ1n) is 7.45. The third-order valence-electron chi connectivity index (χ3n) is 4.35. The monoisotopic (exact) mass is 330 g/mol. The molecule has 0 aliphatic carbocycles. The highest BCUT2D eigenvalue weighted by Gasteiger charge is 2.20. The smallest absolute Gasteiger partial charge is 0.0595 e. The van der Waals surface area contributed by atoms with Crippen LogP contribution in [0.4, 0.5) is 0 Å². The van der Waals surface area contributed by atoms with Gasteiger partial charge in [-0.3, -0.25) is 4.90 Å². The number of rotatable bonds is 2. The standard InChI is InChI=1S/C18H16Cl2N2/c19-15-6-5-12(9-16(15)20)10-22-8-7-14-13-3-1-2-4-17(13)21-18(14)11-22/h1-6,9,21H,7-8,10-11H2. The number of nitrogens with zero attached hydrogens (tertiary/aromatic N) is 1. The lowest BCUT2D eigenvalue weighted by atomic mass is 10.0. The van der Waals surface area contributed by atoms with E-state index in [9.17, 15) is 0 Å². The molecule has 4 heteroatoms. The van der Waals surface area contributed by atoms with Gasteiger partial charge in [0.1, 0.15) is 0 Å². The van der Waals surface area contributed by atoms with Gasteiger partial charge in [0, 0.05) is 36.2 Å². The molecule has 4 rings (SSSR count). The Morgan fingerprint density at radius 2 is 1.91 bits per heavy atom. The molecule has 112 valence electrons. The average Bonchev–Trinajstić information content (AvgIpc) is 2.88. The second-order valence-corrected chi connectivity index (χ2v) is 6.65. The summed E-state index contributed by atoms with van der Waals surface area (Å²) in [6, 6.07) is 14.4. The SMILES string of the molecule is Clc1ccc(CN2CCc3c([nH]c4ccccc34)C2)cc1Cl. The predicted molar refractivity (Wildman–Crippen MR) is 92.6 cm³/mol. The molecule has 1 N–H and O–H groups in total. The first kappa shape index (κ1) is 14.1. The maximum absolute atomic E-state index is 6.11. The van der Waals surface area contributed by atoms with Gasteiger partial charge in [0.15, 0.2) is 0 Å². The van der Waals surface area contributed by atoms with E-state index in [0.717, 1.165) is 26.1 Å². The van der Waals surface area contributed by atoms with Crippen LogP contribution in [0.2, 0.25) is 10.0 Å². The third-order valence-corrected chi connectivity index (χ3v) is 5.09. The first-order chi connectivity index (χ1) is 10.7. The Hall–Kier alpha value is -1.48. The zero-order valence-corrected chi connectivity index (χ0v) is 13.6. The minimum atomic E-state index is 0.613. The van der Waals surface area contributed by atoms with E-state index in [1.165, 1.54) is 27.7 Å². The molecule has 1 aliphatic heterocycles. The van der Waals surface area contributed by atoms with Crippen LogP contribution in [-0.4, -0.2) is 16.4 Å². The highest BCUT2D eigenvalue weighted by Crippen LogP contribution is 2.29. The minimum Gasteiger partial charge on any atom is -0.357 e. The third kappa shape index (κ3) is 2.52. The summed E-state index contributed by atoms with van der Waals surface area (Å²) in [5.74, 6) is 0. The van der Waals surface area contributed by atoms with Gasteiger partial charge in [-0.25, -0.2) is 0 Å². The Morgan fingerprint density at radius 1 is 1.05 bits per heavy atom. The van der Waals surface area contributed by atoms with Crippen LogP contribution < -0.4 is 0 Å². The molecule has 0 atom stereocenters. The summed E-state index contributed by atoms with van der Waals surface area (Å²) < 4.78 is 0. The molecule has 0 amide bonds. The van der Waals surface area contributed by atoms with Crippen molar-refractivity contribution in [2.24, 2.45) is 0 Å². The lowest BCUT2D eigenvalue weighted by molar-refractivity contribution is 0.243. The molecule has 2 heterocycles. The number of hydrogen-bond donors (Lipinski definition) is 1.